The van der Waals surface area contributed by atoms with Crippen LogP contribution in [0.15, 0.2) is 127 Å². The second-order valence-electron chi connectivity index (χ2n) is 12.9. The predicted molar refractivity (Wildman–Crippen MR) is 196 cm³/mol. The van der Waals surface area contributed by atoms with E-state index in [9.17, 15) is 14.4 Å². The van der Waals surface area contributed by atoms with Crippen molar-refractivity contribution in [2.45, 2.75) is 31.3 Å². The second kappa shape index (κ2) is 13.3. The fraction of sp³-hybridized carbons (Fsp3) is 0.167. The van der Waals surface area contributed by atoms with Crippen LogP contribution in [0.5, 0.6) is 5.75 Å². The Morgan fingerprint density at radius 3 is 2.00 bits per heavy atom. The van der Waals surface area contributed by atoms with Gasteiger partial charge in [0.05, 0.1) is 5.69 Å². The Balaban J connectivity index is 1.21. The van der Waals surface area contributed by atoms with Crippen LogP contribution in [0.25, 0.3) is 6.08 Å². The van der Waals surface area contributed by atoms with E-state index in [1.54, 1.807) is 24.3 Å². The van der Waals surface area contributed by atoms with Crippen molar-refractivity contribution >= 4 is 46.9 Å². The van der Waals surface area contributed by atoms with Crippen LogP contribution in [-0.4, -0.2) is 30.9 Å². The molecule has 7 nitrogen and oxygen atoms in total. The lowest BCUT2D eigenvalue weighted by Gasteiger charge is -2.44. The third kappa shape index (κ3) is 5.94. The highest BCUT2D eigenvalue weighted by Gasteiger charge is 2.40. The molecule has 0 radical (unpaired) electrons. The van der Waals surface area contributed by atoms with Gasteiger partial charge in [-0.1, -0.05) is 103 Å². The Kier molecular flexibility index (Phi) is 8.43. The molecule has 1 saturated heterocycles. The lowest BCUT2D eigenvalue weighted by Crippen LogP contribution is -2.54. The Labute approximate surface area is 295 Å². The zero-order valence-electron chi connectivity index (χ0n) is 27.2. The molecule has 3 heterocycles. The SMILES string of the molecule is O=C1NC(=O)N(c2cc3c4c(c2)[C@H](c2ccccc2)CCN4CC[C@H]3c2ccccc2)C(=O)/C1=C/c1ccccc1OCc1cccc(Cl)c1. The van der Waals surface area contributed by atoms with Gasteiger partial charge in [0.2, 0.25) is 0 Å². The number of urea groups is 1. The molecule has 2 atom stereocenters. The van der Waals surface area contributed by atoms with Gasteiger partial charge in [0.1, 0.15) is 17.9 Å². The van der Waals surface area contributed by atoms with Crippen molar-refractivity contribution in [3.63, 3.8) is 0 Å². The zero-order valence-corrected chi connectivity index (χ0v) is 28.0. The highest BCUT2D eigenvalue weighted by molar-refractivity contribution is 6.39. The number of halogens is 1. The number of ether oxygens (including phenoxy) is 1. The maximum atomic E-state index is 14.3. The maximum absolute atomic E-state index is 14.3. The monoisotopic (exact) mass is 679 g/mol. The topological polar surface area (TPSA) is 79.0 Å². The van der Waals surface area contributed by atoms with Gasteiger partial charge in [-0.25, -0.2) is 9.69 Å². The predicted octanol–water partition coefficient (Wildman–Crippen LogP) is 8.46. The second-order valence-corrected chi connectivity index (χ2v) is 13.3. The Morgan fingerprint density at radius 2 is 1.36 bits per heavy atom. The van der Waals surface area contributed by atoms with Crippen molar-refractivity contribution in [2.24, 2.45) is 0 Å². The van der Waals surface area contributed by atoms with Crippen molar-refractivity contribution < 1.29 is 19.1 Å². The number of rotatable bonds is 7. The van der Waals surface area contributed by atoms with Crippen LogP contribution in [0.1, 0.15) is 58.1 Å². The largest absolute Gasteiger partial charge is 0.488 e. The minimum absolute atomic E-state index is 0.0822. The summed E-state index contributed by atoms with van der Waals surface area (Å²) in [7, 11) is 0. The number of amides is 4. The van der Waals surface area contributed by atoms with E-state index in [1.165, 1.54) is 22.9 Å². The van der Waals surface area contributed by atoms with Gasteiger partial charge in [-0.2, -0.15) is 0 Å². The van der Waals surface area contributed by atoms with Gasteiger partial charge in [-0.3, -0.25) is 14.9 Å². The molecule has 3 aliphatic heterocycles. The van der Waals surface area contributed by atoms with Crippen LogP contribution >= 0.6 is 11.6 Å². The van der Waals surface area contributed by atoms with E-state index in [2.05, 4.69) is 34.5 Å². The van der Waals surface area contributed by atoms with Crippen LogP contribution in [-0.2, 0) is 16.2 Å². The lowest BCUT2D eigenvalue weighted by molar-refractivity contribution is -0.122. The first-order chi connectivity index (χ1) is 24.4. The van der Waals surface area contributed by atoms with Crippen molar-refractivity contribution in [3.05, 3.63) is 165 Å². The first-order valence-electron chi connectivity index (χ1n) is 16.8. The molecule has 0 unspecified atom stereocenters. The number of barbiturate groups is 1. The summed E-state index contributed by atoms with van der Waals surface area (Å²) in [6, 6.07) is 38.5. The number of para-hydroxylation sites is 1. The summed E-state index contributed by atoms with van der Waals surface area (Å²) in [6.45, 7) is 2.08. The molecular formula is C42H34ClN3O4. The number of imide groups is 2. The normalized spacial score (nSPS) is 19.3. The van der Waals surface area contributed by atoms with Crippen LogP contribution < -0.4 is 19.9 Å². The minimum Gasteiger partial charge on any atom is -0.488 e. The summed E-state index contributed by atoms with van der Waals surface area (Å²) in [4.78, 5) is 44.8. The molecule has 5 aromatic carbocycles. The van der Waals surface area contributed by atoms with Crippen LogP contribution in [0.4, 0.5) is 16.2 Å². The number of nitrogens with one attached hydrogen (secondary N) is 1. The maximum Gasteiger partial charge on any atom is 0.335 e. The molecule has 0 aliphatic carbocycles. The highest BCUT2D eigenvalue weighted by Crippen LogP contribution is 2.50. The van der Waals surface area contributed by atoms with Crippen molar-refractivity contribution in [1.29, 1.82) is 0 Å². The van der Waals surface area contributed by atoms with Gasteiger partial charge in [0, 0.05) is 41.2 Å². The third-order valence-corrected chi connectivity index (χ3v) is 10.1. The molecule has 0 spiro atoms. The fourth-order valence-corrected chi connectivity index (χ4v) is 7.75. The lowest BCUT2D eigenvalue weighted by atomic mass is 9.76. The van der Waals surface area contributed by atoms with E-state index in [0.717, 1.165) is 47.5 Å². The highest BCUT2D eigenvalue weighted by atomic mass is 35.5. The quantitative estimate of drug-likeness (QED) is 0.138. The zero-order chi connectivity index (χ0) is 34.2. The van der Waals surface area contributed by atoms with Gasteiger partial charge >= 0.3 is 6.03 Å². The molecule has 0 bridgehead atoms. The van der Waals surface area contributed by atoms with Crippen LogP contribution in [0, 0.1) is 0 Å². The molecule has 8 rings (SSSR count). The smallest absolute Gasteiger partial charge is 0.335 e. The summed E-state index contributed by atoms with van der Waals surface area (Å²) >= 11 is 6.16. The van der Waals surface area contributed by atoms with Crippen LogP contribution in [0.3, 0.4) is 0 Å². The number of hydrogen-bond donors (Lipinski definition) is 1. The summed E-state index contributed by atoms with van der Waals surface area (Å²) in [5.74, 6) is -0.793. The molecule has 1 N–H and O–H groups in total. The Hall–Kier alpha value is -5.66. The average Bonchev–Trinajstić information content (AvgIpc) is 3.14. The molecule has 4 amide bonds. The van der Waals surface area contributed by atoms with E-state index < -0.39 is 17.8 Å². The van der Waals surface area contributed by atoms with Crippen LogP contribution in [0.2, 0.25) is 5.02 Å². The number of benzene rings is 5. The summed E-state index contributed by atoms with van der Waals surface area (Å²) < 4.78 is 6.11. The van der Waals surface area contributed by atoms with Crippen molar-refractivity contribution in [3.8, 4) is 5.75 Å². The Morgan fingerprint density at radius 1 is 0.740 bits per heavy atom. The standard InChI is InChI=1S/C42H34ClN3O4/c43-31-16-9-10-27(22-31)26-50-38-17-8-7-15-30(38)23-37-40(47)44-42(49)46(41(37)48)32-24-35-33(28-11-3-1-4-12-28)18-20-45-21-19-34(36(25-32)39(35)45)29-13-5-2-6-14-29/h1-17,22-25,33-34H,18-21,26H2,(H,44,47,49)/b37-23+/t33-,34-/m0/s1. The molecule has 248 valence electrons. The summed E-state index contributed by atoms with van der Waals surface area (Å²) in [5, 5.41) is 3.03. The number of hydrogen-bond acceptors (Lipinski definition) is 5. The molecule has 1 fully saturated rings. The third-order valence-electron chi connectivity index (χ3n) is 9.86. The van der Waals surface area contributed by atoms with E-state index in [1.807, 2.05) is 72.8 Å². The molecule has 0 aromatic heterocycles. The van der Waals surface area contributed by atoms with E-state index >= 15 is 0 Å². The first-order valence-corrected chi connectivity index (χ1v) is 17.2. The van der Waals surface area contributed by atoms with Gasteiger partial charge in [-0.15, -0.1) is 0 Å². The Bertz CT molecular complexity index is 2080. The summed E-state index contributed by atoms with van der Waals surface area (Å²) in [5.41, 5.74) is 7.41. The van der Waals surface area contributed by atoms with E-state index in [0.29, 0.717) is 22.0 Å². The number of anilines is 2. The molecule has 5 aromatic rings. The molecular weight excluding hydrogens is 646 g/mol. The molecule has 8 heteroatoms. The van der Waals surface area contributed by atoms with Crippen molar-refractivity contribution in [1.82, 2.24) is 5.32 Å². The van der Waals surface area contributed by atoms with Gasteiger partial charge in [0.15, 0.2) is 0 Å². The van der Waals surface area contributed by atoms with Crippen molar-refractivity contribution in [2.75, 3.05) is 22.9 Å². The first kappa shape index (κ1) is 31.6. The average molecular weight is 680 g/mol. The van der Waals surface area contributed by atoms with Gasteiger partial charge in [-0.05, 0) is 77.1 Å². The minimum atomic E-state index is -0.772. The number of carbonyl (C=O) groups is 3. The number of nitrogens with zero attached hydrogens (tertiary/aromatic N) is 2. The van der Waals surface area contributed by atoms with E-state index in [4.69, 9.17) is 16.3 Å². The van der Waals surface area contributed by atoms with Gasteiger partial charge < -0.3 is 9.64 Å². The molecule has 50 heavy (non-hydrogen) atoms. The molecule has 3 aliphatic rings. The van der Waals surface area contributed by atoms with E-state index in [-0.39, 0.29) is 24.0 Å². The molecule has 0 saturated carbocycles. The fourth-order valence-electron chi connectivity index (χ4n) is 7.54. The summed E-state index contributed by atoms with van der Waals surface area (Å²) in [6.07, 6.45) is 3.31. The van der Waals surface area contributed by atoms with Gasteiger partial charge in [0.25, 0.3) is 11.8 Å². The number of carbonyl (C=O) groups excluding carboxylic acids is 3.